The van der Waals surface area contributed by atoms with Crippen LogP contribution in [0.2, 0.25) is 5.02 Å². The average molecular weight is 226 g/mol. The van der Waals surface area contributed by atoms with Gasteiger partial charge in [-0.1, -0.05) is 37.9 Å². The van der Waals surface area contributed by atoms with Crippen molar-refractivity contribution in [3.8, 4) is 0 Å². The van der Waals surface area contributed by atoms with Gasteiger partial charge in [0, 0.05) is 11.1 Å². The van der Waals surface area contributed by atoms with Crippen molar-refractivity contribution in [1.82, 2.24) is 0 Å². The Balaban J connectivity index is 2.86. The zero-order chi connectivity index (χ0) is 11.4. The fraction of sp³-hybridized carbons (Fsp3) is 0.538. The van der Waals surface area contributed by atoms with Crippen LogP contribution in [0.15, 0.2) is 18.2 Å². The van der Waals surface area contributed by atoms with Crippen molar-refractivity contribution in [3.63, 3.8) is 0 Å². The molecule has 0 saturated heterocycles. The van der Waals surface area contributed by atoms with E-state index in [0.717, 1.165) is 5.02 Å². The number of hydrogen-bond donors (Lipinski definition) is 1. The molecule has 1 aromatic rings. The van der Waals surface area contributed by atoms with Gasteiger partial charge in [0.25, 0.3) is 0 Å². The molecule has 15 heavy (non-hydrogen) atoms. The summed E-state index contributed by atoms with van der Waals surface area (Å²) in [6.07, 6.45) is 2.35. The van der Waals surface area contributed by atoms with Gasteiger partial charge in [-0.25, -0.2) is 0 Å². The lowest BCUT2D eigenvalue weighted by atomic mass is 9.89. The van der Waals surface area contributed by atoms with Crippen LogP contribution in [0.4, 0.5) is 0 Å². The molecular weight excluding hydrogens is 206 g/mol. The van der Waals surface area contributed by atoms with Crippen LogP contribution in [-0.4, -0.2) is 0 Å². The molecule has 2 N–H and O–H groups in total. The van der Waals surface area contributed by atoms with Gasteiger partial charge in [-0.05, 0) is 42.5 Å². The SMILES string of the molecule is CCCC(C)C(N)c1ccc(Cl)cc1C. The summed E-state index contributed by atoms with van der Waals surface area (Å²) in [5.74, 6) is 0.523. The zero-order valence-electron chi connectivity index (χ0n) is 9.76. The van der Waals surface area contributed by atoms with Gasteiger partial charge in [0.05, 0.1) is 0 Å². The van der Waals surface area contributed by atoms with E-state index < -0.39 is 0 Å². The van der Waals surface area contributed by atoms with Crippen LogP contribution < -0.4 is 5.73 Å². The molecule has 0 spiro atoms. The molecule has 2 heteroatoms. The molecule has 2 unspecified atom stereocenters. The van der Waals surface area contributed by atoms with Crippen LogP contribution in [0.1, 0.15) is 43.9 Å². The number of aryl methyl sites for hydroxylation is 1. The van der Waals surface area contributed by atoms with E-state index in [4.69, 9.17) is 17.3 Å². The summed E-state index contributed by atoms with van der Waals surface area (Å²) in [5.41, 5.74) is 8.65. The van der Waals surface area contributed by atoms with Crippen LogP contribution >= 0.6 is 11.6 Å². The quantitative estimate of drug-likeness (QED) is 0.821. The summed E-state index contributed by atoms with van der Waals surface area (Å²) in [6.45, 7) is 6.47. The van der Waals surface area contributed by atoms with E-state index in [1.165, 1.54) is 24.0 Å². The van der Waals surface area contributed by atoms with Crippen molar-refractivity contribution in [1.29, 1.82) is 0 Å². The number of rotatable bonds is 4. The topological polar surface area (TPSA) is 26.0 Å². The smallest absolute Gasteiger partial charge is 0.0408 e. The Hall–Kier alpha value is -0.530. The van der Waals surface area contributed by atoms with Gasteiger partial charge in [0.15, 0.2) is 0 Å². The summed E-state index contributed by atoms with van der Waals surface area (Å²) >= 11 is 5.92. The van der Waals surface area contributed by atoms with Crippen molar-refractivity contribution >= 4 is 11.6 Å². The highest BCUT2D eigenvalue weighted by molar-refractivity contribution is 6.30. The number of nitrogens with two attached hydrogens (primary N) is 1. The molecule has 84 valence electrons. The van der Waals surface area contributed by atoms with Crippen molar-refractivity contribution in [3.05, 3.63) is 34.3 Å². The maximum Gasteiger partial charge on any atom is 0.0408 e. The van der Waals surface area contributed by atoms with E-state index in [1.807, 2.05) is 12.1 Å². The molecule has 0 aliphatic heterocycles. The Bertz CT molecular complexity index is 322. The molecule has 1 rings (SSSR count). The Morgan fingerprint density at radius 1 is 1.40 bits per heavy atom. The summed E-state index contributed by atoms with van der Waals surface area (Å²) in [4.78, 5) is 0. The zero-order valence-corrected chi connectivity index (χ0v) is 10.5. The lowest BCUT2D eigenvalue weighted by molar-refractivity contribution is 0.432. The molecule has 0 saturated carbocycles. The molecule has 1 aromatic carbocycles. The molecule has 1 nitrogen and oxygen atoms in total. The van der Waals surface area contributed by atoms with Crippen molar-refractivity contribution < 1.29 is 0 Å². The normalized spacial score (nSPS) is 15.0. The predicted octanol–water partition coefficient (Wildman–Crippen LogP) is 4.08. The standard InChI is InChI=1S/C13H20ClN/c1-4-5-9(2)13(15)12-7-6-11(14)8-10(12)3/h6-9,13H,4-5,15H2,1-3H3. The molecule has 0 bridgehead atoms. The first-order chi connectivity index (χ1) is 7.06. The highest BCUT2D eigenvalue weighted by Gasteiger charge is 2.15. The molecule has 2 atom stereocenters. The molecule has 0 aromatic heterocycles. The lowest BCUT2D eigenvalue weighted by Gasteiger charge is -2.21. The summed E-state index contributed by atoms with van der Waals surface area (Å²) in [6, 6.07) is 6.08. The van der Waals surface area contributed by atoms with Crippen LogP contribution in [0.5, 0.6) is 0 Å². The van der Waals surface area contributed by atoms with Crippen LogP contribution in [0.3, 0.4) is 0 Å². The number of halogens is 1. The van der Waals surface area contributed by atoms with Crippen LogP contribution in [0, 0.1) is 12.8 Å². The van der Waals surface area contributed by atoms with Gasteiger partial charge in [-0.2, -0.15) is 0 Å². The Kier molecular flexibility index (Phi) is 4.62. The predicted molar refractivity (Wildman–Crippen MR) is 67.2 cm³/mol. The molecule has 0 amide bonds. The van der Waals surface area contributed by atoms with Gasteiger partial charge >= 0.3 is 0 Å². The van der Waals surface area contributed by atoms with Crippen molar-refractivity contribution in [2.45, 2.75) is 39.7 Å². The molecule has 0 fully saturated rings. The van der Waals surface area contributed by atoms with Crippen LogP contribution in [-0.2, 0) is 0 Å². The van der Waals surface area contributed by atoms with E-state index in [9.17, 15) is 0 Å². The third-order valence-electron chi connectivity index (χ3n) is 2.95. The molecule has 0 radical (unpaired) electrons. The number of hydrogen-bond acceptors (Lipinski definition) is 1. The van der Waals surface area contributed by atoms with E-state index in [0.29, 0.717) is 5.92 Å². The highest BCUT2D eigenvalue weighted by atomic mass is 35.5. The van der Waals surface area contributed by atoms with Crippen molar-refractivity contribution in [2.75, 3.05) is 0 Å². The monoisotopic (exact) mass is 225 g/mol. The minimum atomic E-state index is 0.127. The minimum absolute atomic E-state index is 0.127. The summed E-state index contributed by atoms with van der Waals surface area (Å²) in [7, 11) is 0. The maximum atomic E-state index is 6.23. The van der Waals surface area contributed by atoms with Gasteiger partial charge in [0.1, 0.15) is 0 Å². The van der Waals surface area contributed by atoms with E-state index in [2.05, 4.69) is 26.8 Å². The molecule has 0 aliphatic rings. The number of benzene rings is 1. The highest BCUT2D eigenvalue weighted by Crippen LogP contribution is 2.27. The average Bonchev–Trinajstić information content (AvgIpc) is 2.17. The largest absolute Gasteiger partial charge is 0.324 e. The second-order valence-electron chi connectivity index (χ2n) is 4.29. The Morgan fingerprint density at radius 2 is 2.07 bits per heavy atom. The molecular formula is C13H20ClN. The van der Waals surface area contributed by atoms with Crippen molar-refractivity contribution in [2.24, 2.45) is 11.7 Å². The molecule has 0 heterocycles. The van der Waals surface area contributed by atoms with Crippen LogP contribution in [0.25, 0.3) is 0 Å². The van der Waals surface area contributed by atoms with E-state index in [-0.39, 0.29) is 6.04 Å². The Labute approximate surface area is 97.6 Å². The fourth-order valence-electron chi connectivity index (χ4n) is 1.95. The third-order valence-corrected chi connectivity index (χ3v) is 3.18. The van der Waals surface area contributed by atoms with Gasteiger partial charge in [-0.15, -0.1) is 0 Å². The lowest BCUT2D eigenvalue weighted by Crippen LogP contribution is -2.19. The maximum absolute atomic E-state index is 6.23. The second-order valence-corrected chi connectivity index (χ2v) is 4.73. The fourth-order valence-corrected chi connectivity index (χ4v) is 2.18. The second kappa shape index (κ2) is 5.53. The van der Waals surface area contributed by atoms with Gasteiger partial charge < -0.3 is 5.73 Å². The third kappa shape index (κ3) is 3.22. The van der Waals surface area contributed by atoms with E-state index >= 15 is 0 Å². The summed E-state index contributed by atoms with van der Waals surface area (Å²) < 4.78 is 0. The Morgan fingerprint density at radius 3 is 2.60 bits per heavy atom. The first-order valence-corrected chi connectivity index (χ1v) is 5.95. The first-order valence-electron chi connectivity index (χ1n) is 5.58. The van der Waals surface area contributed by atoms with Gasteiger partial charge in [0.2, 0.25) is 0 Å². The summed E-state index contributed by atoms with van der Waals surface area (Å²) in [5, 5.41) is 0.784. The van der Waals surface area contributed by atoms with Gasteiger partial charge in [-0.3, -0.25) is 0 Å². The minimum Gasteiger partial charge on any atom is -0.324 e. The molecule has 0 aliphatic carbocycles. The van der Waals surface area contributed by atoms with E-state index in [1.54, 1.807) is 0 Å². The first kappa shape index (κ1) is 12.5.